The van der Waals surface area contributed by atoms with Crippen LogP contribution in [0.5, 0.6) is 5.75 Å². The maximum absolute atomic E-state index is 10.1. The second kappa shape index (κ2) is 4.72. The first-order valence-corrected chi connectivity index (χ1v) is 5.53. The Hall–Kier alpha value is -1.26. The Kier molecular flexibility index (Phi) is 3.31. The zero-order valence-corrected chi connectivity index (χ0v) is 9.49. The van der Waals surface area contributed by atoms with E-state index < -0.39 is 5.60 Å². The molecule has 4 heteroatoms. The van der Waals surface area contributed by atoms with Crippen LogP contribution in [0.2, 0.25) is 0 Å². The zero-order chi connectivity index (χ0) is 11.4. The molecule has 1 aromatic rings. The van der Waals surface area contributed by atoms with Gasteiger partial charge in [0.15, 0.2) is 0 Å². The zero-order valence-electron chi connectivity index (χ0n) is 9.49. The molecule has 0 radical (unpaired) electrons. The predicted molar refractivity (Wildman–Crippen MR) is 63.9 cm³/mol. The molecule has 0 saturated carbocycles. The van der Waals surface area contributed by atoms with Crippen LogP contribution in [0.1, 0.15) is 6.42 Å². The summed E-state index contributed by atoms with van der Waals surface area (Å²) in [6.07, 6.45) is 0.796. The van der Waals surface area contributed by atoms with E-state index in [0.717, 1.165) is 24.4 Å². The first kappa shape index (κ1) is 11.2. The lowest BCUT2D eigenvalue weighted by molar-refractivity contribution is 0.0752. The Morgan fingerprint density at radius 2 is 2.44 bits per heavy atom. The Morgan fingerprint density at radius 3 is 3.12 bits per heavy atom. The van der Waals surface area contributed by atoms with Crippen molar-refractivity contribution in [1.82, 2.24) is 5.32 Å². The molecule has 1 atom stereocenters. The summed E-state index contributed by atoms with van der Waals surface area (Å²) in [5.74, 6) is 0.821. The van der Waals surface area contributed by atoms with Gasteiger partial charge in [0, 0.05) is 24.8 Å². The van der Waals surface area contributed by atoms with E-state index >= 15 is 0 Å². The SMILES string of the molecule is COc1cccc(NCC2(O)CCNC2)c1. The first-order chi connectivity index (χ1) is 7.72. The lowest BCUT2D eigenvalue weighted by Crippen LogP contribution is -2.38. The molecule has 1 aliphatic heterocycles. The van der Waals surface area contributed by atoms with Gasteiger partial charge in [-0.15, -0.1) is 0 Å². The summed E-state index contributed by atoms with van der Waals surface area (Å²) >= 11 is 0. The van der Waals surface area contributed by atoms with Gasteiger partial charge in [-0.05, 0) is 25.1 Å². The van der Waals surface area contributed by atoms with Gasteiger partial charge in [-0.25, -0.2) is 0 Å². The Bertz CT molecular complexity index is 349. The molecule has 0 bridgehead atoms. The number of nitrogens with one attached hydrogen (secondary N) is 2. The van der Waals surface area contributed by atoms with E-state index in [4.69, 9.17) is 4.74 Å². The number of benzene rings is 1. The van der Waals surface area contributed by atoms with Gasteiger partial charge in [0.2, 0.25) is 0 Å². The Morgan fingerprint density at radius 1 is 1.56 bits per heavy atom. The largest absolute Gasteiger partial charge is 0.497 e. The van der Waals surface area contributed by atoms with E-state index in [9.17, 15) is 5.11 Å². The summed E-state index contributed by atoms with van der Waals surface area (Å²) in [5, 5.41) is 16.5. The van der Waals surface area contributed by atoms with Gasteiger partial charge in [-0.3, -0.25) is 0 Å². The van der Waals surface area contributed by atoms with Crippen LogP contribution in [0, 0.1) is 0 Å². The van der Waals surface area contributed by atoms with Crippen molar-refractivity contribution in [2.45, 2.75) is 12.0 Å². The van der Waals surface area contributed by atoms with E-state index in [2.05, 4.69) is 10.6 Å². The van der Waals surface area contributed by atoms with Gasteiger partial charge in [0.1, 0.15) is 5.75 Å². The second-order valence-corrected chi connectivity index (χ2v) is 4.24. The number of ether oxygens (including phenoxy) is 1. The van der Waals surface area contributed by atoms with E-state index in [0.29, 0.717) is 13.1 Å². The summed E-state index contributed by atoms with van der Waals surface area (Å²) in [6, 6.07) is 7.72. The van der Waals surface area contributed by atoms with Gasteiger partial charge in [0.25, 0.3) is 0 Å². The highest BCUT2D eigenvalue weighted by Crippen LogP contribution is 2.19. The molecule has 88 valence electrons. The number of rotatable bonds is 4. The smallest absolute Gasteiger partial charge is 0.120 e. The van der Waals surface area contributed by atoms with Crippen molar-refractivity contribution in [2.24, 2.45) is 0 Å². The highest BCUT2D eigenvalue weighted by atomic mass is 16.5. The minimum atomic E-state index is -0.622. The second-order valence-electron chi connectivity index (χ2n) is 4.24. The standard InChI is InChI=1S/C12H18N2O2/c1-16-11-4-2-3-10(7-11)14-9-12(15)5-6-13-8-12/h2-4,7,13-15H,5-6,8-9H2,1H3. The molecular formula is C12H18N2O2. The summed E-state index contributed by atoms with van der Waals surface area (Å²) < 4.78 is 5.14. The number of aliphatic hydroxyl groups is 1. The molecule has 1 saturated heterocycles. The van der Waals surface area contributed by atoms with E-state index in [1.165, 1.54) is 0 Å². The van der Waals surface area contributed by atoms with Crippen LogP contribution in [0.4, 0.5) is 5.69 Å². The average Bonchev–Trinajstić information content (AvgIpc) is 2.75. The molecule has 1 aliphatic rings. The van der Waals surface area contributed by atoms with Crippen molar-refractivity contribution in [3.63, 3.8) is 0 Å². The quantitative estimate of drug-likeness (QED) is 0.706. The molecule has 16 heavy (non-hydrogen) atoms. The Labute approximate surface area is 95.6 Å². The van der Waals surface area contributed by atoms with Gasteiger partial charge >= 0.3 is 0 Å². The molecule has 0 aromatic heterocycles. The predicted octanol–water partition coefficient (Wildman–Crippen LogP) is 0.831. The highest BCUT2D eigenvalue weighted by molar-refractivity contribution is 5.48. The fraction of sp³-hybridized carbons (Fsp3) is 0.500. The van der Waals surface area contributed by atoms with Crippen LogP contribution >= 0.6 is 0 Å². The van der Waals surface area contributed by atoms with Crippen molar-refractivity contribution in [1.29, 1.82) is 0 Å². The van der Waals surface area contributed by atoms with Gasteiger partial charge < -0.3 is 20.5 Å². The number of methoxy groups -OCH3 is 1. The topological polar surface area (TPSA) is 53.5 Å². The lowest BCUT2D eigenvalue weighted by Gasteiger charge is -2.22. The van der Waals surface area contributed by atoms with Crippen LogP contribution in [0.3, 0.4) is 0 Å². The highest BCUT2D eigenvalue weighted by Gasteiger charge is 2.30. The molecular weight excluding hydrogens is 204 g/mol. The van der Waals surface area contributed by atoms with Crippen molar-refractivity contribution in [3.8, 4) is 5.75 Å². The molecule has 0 aliphatic carbocycles. The normalized spacial score (nSPS) is 24.4. The molecule has 3 N–H and O–H groups in total. The van der Waals surface area contributed by atoms with Crippen molar-refractivity contribution < 1.29 is 9.84 Å². The molecule has 1 unspecified atom stereocenters. The van der Waals surface area contributed by atoms with Gasteiger partial charge in [-0.1, -0.05) is 6.07 Å². The lowest BCUT2D eigenvalue weighted by atomic mass is 10.0. The molecule has 1 fully saturated rings. The number of hydrogen-bond donors (Lipinski definition) is 3. The summed E-state index contributed by atoms with van der Waals surface area (Å²) in [4.78, 5) is 0. The minimum absolute atomic E-state index is 0.563. The van der Waals surface area contributed by atoms with Crippen LogP contribution in [-0.4, -0.2) is 37.5 Å². The molecule has 4 nitrogen and oxygen atoms in total. The van der Waals surface area contributed by atoms with Gasteiger partial charge in [-0.2, -0.15) is 0 Å². The fourth-order valence-electron chi connectivity index (χ4n) is 1.88. The summed E-state index contributed by atoms with van der Waals surface area (Å²) in [7, 11) is 1.65. The van der Waals surface area contributed by atoms with Gasteiger partial charge in [0.05, 0.1) is 12.7 Å². The number of hydrogen-bond acceptors (Lipinski definition) is 4. The maximum Gasteiger partial charge on any atom is 0.120 e. The molecule has 0 spiro atoms. The van der Waals surface area contributed by atoms with Crippen LogP contribution < -0.4 is 15.4 Å². The minimum Gasteiger partial charge on any atom is -0.497 e. The van der Waals surface area contributed by atoms with E-state index in [-0.39, 0.29) is 0 Å². The average molecular weight is 222 g/mol. The summed E-state index contributed by atoms with van der Waals surface area (Å²) in [5.41, 5.74) is 0.350. The maximum atomic E-state index is 10.1. The van der Waals surface area contributed by atoms with Crippen LogP contribution in [0.15, 0.2) is 24.3 Å². The van der Waals surface area contributed by atoms with Crippen LogP contribution in [0.25, 0.3) is 0 Å². The van der Waals surface area contributed by atoms with E-state index in [1.807, 2.05) is 24.3 Å². The molecule has 2 rings (SSSR count). The molecule has 0 amide bonds. The molecule has 1 aromatic carbocycles. The number of anilines is 1. The van der Waals surface area contributed by atoms with E-state index in [1.54, 1.807) is 7.11 Å². The monoisotopic (exact) mass is 222 g/mol. The third-order valence-electron chi connectivity index (χ3n) is 2.91. The van der Waals surface area contributed by atoms with Crippen molar-refractivity contribution in [2.75, 3.05) is 32.1 Å². The van der Waals surface area contributed by atoms with Crippen LogP contribution in [-0.2, 0) is 0 Å². The van der Waals surface area contributed by atoms with Crippen molar-refractivity contribution >= 4 is 5.69 Å². The van der Waals surface area contributed by atoms with Crippen molar-refractivity contribution in [3.05, 3.63) is 24.3 Å². The Balaban J connectivity index is 1.93. The third-order valence-corrected chi connectivity index (χ3v) is 2.91. The number of β-amino-alcohol motifs (C(OH)–C–C–N with tert-alkyl or cyclic N) is 1. The fourth-order valence-corrected chi connectivity index (χ4v) is 1.88. The molecule has 1 heterocycles. The first-order valence-electron chi connectivity index (χ1n) is 5.53. The third kappa shape index (κ3) is 2.65. The summed E-state index contributed by atoms with van der Waals surface area (Å²) in [6.45, 7) is 2.10.